The monoisotopic (exact) mass is 380 g/mol. The van der Waals surface area contributed by atoms with Crippen LogP contribution in [0.5, 0.6) is 0 Å². The number of hydrogen-bond donors (Lipinski definition) is 0. The second-order valence-electron chi connectivity index (χ2n) is 6.30. The first-order valence-electron chi connectivity index (χ1n) is 8.71. The number of halogens is 2. The minimum Gasteiger partial charge on any atom is -0.476 e. The first-order valence-corrected chi connectivity index (χ1v) is 9.47. The third-order valence-corrected chi connectivity index (χ3v) is 4.92. The van der Waals surface area contributed by atoms with Gasteiger partial charge in [-0.15, -0.1) is 0 Å². The fraction of sp³-hybridized carbons (Fsp3) is 0.474. The predicted octanol–water partition coefficient (Wildman–Crippen LogP) is 5.41. The Morgan fingerprint density at radius 3 is 2.32 bits per heavy atom. The van der Waals surface area contributed by atoms with E-state index in [2.05, 4.69) is 10.1 Å². The van der Waals surface area contributed by atoms with Crippen molar-refractivity contribution in [1.29, 1.82) is 0 Å². The molecule has 0 aliphatic carbocycles. The number of aromatic nitrogens is 1. The molecule has 3 rings (SSSR count). The van der Waals surface area contributed by atoms with Gasteiger partial charge in [-0.05, 0) is 43.9 Å². The van der Waals surface area contributed by atoms with Crippen LogP contribution in [0.1, 0.15) is 48.3 Å². The number of rotatable bonds is 8. The van der Waals surface area contributed by atoms with Gasteiger partial charge in [0, 0.05) is 28.1 Å². The molecule has 1 aliphatic heterocycles. The van der Waals surface area contributed by atoms with Gasteiger partial charge in [-0.2, -0.15) is 0 Å². The molecule has 0 amide bonds. The minimum atomic E-state index is 0.625. The molecule has 0 saturated carbocycles. The van der Waals surface area contributed by atoms with E-state index >= 15 is 0 Å². The van der Waals surface area contributed by atoms with Crippen LogP contribution in [-0.2, 0) is 17.6 Å². The third-order valence-electron chi connectivity index (χ3n) is 4.25. The number of ether oxygens (including phenoxy) is 1. The maximum Gasteiger partial charge on any atom is 0.216 e. The third kappa shape index (κ3) is 4.99. The average molecular weight is 381 g/mol. The molecule has 134 valence electrons. The number of unbranched alkanes of at least 4 members (excludes halogenated alkanes) is 3. The van der Waals surface area contributed by atoms with E-state index < -0.39 is 0 Å². The highest BCUT2D eigenvalue weighted by Gasteiger charge is 2.15. The van der Waals surface area contributed by atoms with Gasteiger partial charge in [-0.3, -0.25) is 0 Å². The van der Waals surface area contributed by atoms with Crippen molar-refractivity contribution in [3.8, 4) is 0 Å². The van der Waals surface area contributed by atoms with Gasteiger partial charge < -0.3 is 9.26 Å². The normalized spacial score (nSPS) is 13.8. The summed E-state index contributed by atoms with van der Waals surface area (Å²) in [5.41, 5.74) is 2.81. The summed E-state index contributed by atoms with van der Waals surface area (Å²) in [5.74, 6) is 1.61. The Morgan fingerprint density at radius 1 is 1.00 bits per heavy atom. The summed E-state index contributed by atoms with van der Waals surface area (Å²) in [5, 5.41) is 5.29. The summed E-state index contributed by atoms with van der Waals surface area (Å²) < 4.78 is 10.7. The Bertz CT molecular complexity index is 733. The zero-order chi connectivity index (χ0) is 17.6. The first-order chi connectivity index (χ1) is 12.1. The molecule has 1 aliphatic rings. The highest BCUT2D eigenvalue weighted by atomic mass is 35.5. The van der Waals surface area contributed by atoms with E-state index in [1.807, 2.05) is 25.1 Å². The Kier molecular flexibility index (Phi) is 6.38. The molecule has 0 unspecified atom stereocenters. The lowest BCUT2D eigenvalue weighted by molar-refractivity contribution is 0.348. The molecule has 1 aromatic carbocycles. The molecule has 0 fully saturated rings. The largest absolute Gasteiger partial charge is 0.476 e. The molecule has 2 aromatic rings. The van der Waals surface area contributed by atoms with Gasteiger partial charge in [-0.25, -0.2) is 4.99 Å². The Balaban J connectivity index is 1.45. The summed E-state index contributed by atoms with van der Waals surface area (Å²) in [6.45, 7) is 3.26. The molecule has 6 heteroatoms. The van der Waals surface area contributed by atoms with Crippen molar-refractivity contribution in [3.05, 3.63) is 50.8 Å². The summed E-state index contributed by atoms with van der Waals surface area (Å²) >= 11 is 12.8. The lowest BCUT2D eigenvalue weighted by atomic mass is 10.0. The van der Waals surface area contributed by atoms with Crippen LogP contribution in [0.15, 0.2) is 27.7 Å². The zero-order valence-electron chi connectivity index (χ0n) is 14.4. The van der Waals surface area contributed by atoms with Crippen molar-refractivity contribution < 1.29 is 9.26 Å². The van der Waals surface area contributed by atoms with E-state index in [0.29, 0.717) is 29.1 Å². The molecule has 0 N–H and O–H groups in total. The lowest BCUT2D eigenvalue weighted by Gasteiger charge is -2.10. The van der Waals surface area contributed by atoms with Crippen LogP contribution in [0.3, 0.4) is 0 Å². The van der Waals surface area contributed by atoms with E-state index in [-0.39, 0.29) is 0 Å². The standard InChI is InChI=1S/C19H22Cl2N2O2/c1-13-10-15(25-23-13)6-4-2-3-5-7-16-17(20)11-14(12-18(16)21)19-22-8-9-24-19/h10-12H,2-9H2,1H3. The van der Waals surface area contributed by atoms with Crippen LogP contribution in [0, 0.1) is 6.92 Å². The van der Waals surface area contributed by atoms with Crippen LogP contribution in [0.25, 0.3) is 0 Å². The fourth-order valence-electron chi connectivity index (χ4n) is 2.96. The molecule has 0 saturated heterocycles. The topological polar surface area (TPSA) is 47.6 Å². The molecule has 1 aromatic heterocycles. The van der Waals surface area contributed by atoms with E-state index in [1.54, 1.807) is 0 Å². The van der Waals surface area contributed by atoms with Crippen molar-refractivity contribution in [3.63, 3.8) is 0 Å². The summed E-state index contributed by atoms with van der Waals surface area (Å²) in [4.78, 5) is 4.31. The highest BCUT2D eigenvalue weighted by molar-refractivity contribution is 6.36. The number of hydrogen-bond acceptors (Lipinski definition) is 4. The Labute approximate surface area is 158 Å². The number of aliphatic imine (C=N–C) groups is 1. The number of aryl methyl sites for hydroxylation is 2. The highest BCUT2D eigenvalue weighted by Crippen LogP contribution is 2.29. The Hall–Kier alpha value is -1.52. The van der Waals surface area contributed by atoms with Crippen LogP contribution >= 0.6 is 23.2 Å². The van der Waals surface area contributed by atoms with Gasteiger partial charge in [0.1, 0.15) is 12.4 Å². The van der Waals surface area contributed by atoms with E-state index in [0.717, 1.165) is 61.1 Å². The summed E-state index contributed by atoms with van der Waals surface area (Å²) in [6, 6.07) is 5.80. The van der Waals surface area contributed by atoms with Crippen molar-refractivity contribution in [1.82, 2.24) is 5.16 Å². The first kappa shape index (κ1) is 18.3. The van der Waals surface area contributed by atoms with Gasteiger partial charge in [0.05, 0.1) is 12.2 Å². The molecule has 2 heterocycles. The fourth-order valence-corrected chi connectivity index (χ4v) is 3.64. The summed E-state index contributed by atoms with van der Waals surface area (Å²) in [6.07, 6.45) is 6.28. The van der Waals surface area contributed by atoms with E-state index in [9.17, 15) is 0 Å². The van der Waals surface area contributed by atoms with Crippen LogP contribution in [0.4, 0.5) is 0 Å². The van der Waals surface area contributed by atoms with Crippen LogP contribution in [0.2, 0.25) is 10.0 Å². The predicted molar refractivity (Wildman–Crippen MR) is 101 cm³/mol. The molecule has 4 nitrogen and oxygen atoms in total. The quantitative estimate of drug-likeness (QED) is 0.574. The smallest absolute Gasteiger partial charge is 0.216 e. The second kappa shape index (κ2) is 8.72. The van der Waals surface area contributed by atoms with Gasteiger partial charge in [0.25, 0.3) is 0 Å². The molecule has 0 bridgehead atoms. The molecule has 0 spiro atoms. The molecule has 25 heavy (non-hydrogen) atoms. The van der Waals surface area contributed by atoms with Crippen molar-refractivity contribution in [2.45, 2.75) is 45.4 Å². The number of benzene rings is 1. The maximum atomic E-state index is 6.42. The molecule has 0 atom stereocenters. The average Bonchev–Trinajstić information content (AvgIpc) is 3.24. The van der Waals surface area contributed by atoms with E-state index in [1.165, 1.54) is 0 Å². The van der Waals surface area contributed by atoms with Gasteiger partial charge in [-0.1, -0.05) is 41.2 Å². The summed E-state index contributed by atoms with van der Waals surface area (Å²) in [7, 11) is 0. The maximum absolute atomic E-state index is 6.42. The van der Waals surface area contributed by atoms with Gasteiger partial charge >= 0.3 is 0 Å². The zero-order valence-corrected chi connectivity index (χ0v) is 15.9. The van der Waals surface area contributed by atoms with Crippen molar-refractivity contribution in [2.75, 3.05) is 13.2 Å². The van der Waals surface area contributed by atoms with Crippen molar-refractivity contribution >= 4 is 29.1 Å². The number of nitrogens with zero attached hydrogens (tertiary/aromatic N) is 2. The second-order valence-corrected chi connectivity index (χ2v) is 7.12. The molecular formula is C19H22Cl2N2O2. The van der Waals surface area contributed by atoms with E-state index in [4.69, 9.17) is 32.5 Å². The molecule has 0 radical (unpaired) electrons. The SMILES string of the molecule is Cc1cc(CCCCCCc2c(Cl)cc(C3=NCCO3)cc2Cl)on1. The molecular weight excluding hydrogens is 359 g/mol. The van der Waals surface area contributed by atoms with Gasteiger partial charge in [0.15, 0.2) is 0 Å². The Morgan fingerprint density at radius 2 is 1.72 bits per heavy atom. The minimum absolute atomic E-state index is 0.625. The van der Waals surface area contributed by atoms with Crippen LogP contribution in [-0.4, -0.2) is 24.2 Å². The van der Waals surface area contributed by atoms with Gasteiger partial charge in [0.2, 0.25) is 5.90 Å². The lowest BCUT2D eigenvalue weighted by Crippen LogP contribution is -2.02. The van der Waals surface area contributed by atoms with Crippen molar-refractivity contribution in [2.24, 2.45) is 4.99 Å². The van der Waals surface area contributed by atoms with Crippen LogP contribution < -0.4 is 0 Å².